The van der Waals surface area contributed by atoms with Crippen molar-refractivity contribution in [1.82, 2.24) is 4.90 Å². The number of benzene rings is 1. The predicted molar refractivity (Wildman–Crippen MR) is 211 cm³/mol. The van der Waals surface area contributed by atoms with E-state index >= 15 is 0 Å². The van der Waals surface area contributed by atoms with Crippen LogP contribution in [0, 0.1) is 17.8 Å². The number of ketones is 1. The minimum Gasteiger partial charge on any atom is -0.500 e. The Morgan fingerprint density at radius 2 is 1.62 bits per heavy atom. The maximum absolute atomic E-state index is 13.7. The van der Waals surface area contributed by atoms with Gasteiger partial charge in [-0.05, 0) is 87.8 Å². The highest BCUT2D eigenvalue weighted by Gasteiger charge is 2.40. The summed E-state index contributed by atoms with van der Waals surface area (Å²) in [5.41, 5.74) is 4.01. The van der Waals surface area contributed by atoms with Gasteiger partial charge < -0.3 is 23.8 Å². The van der Waals surface area contributed by atoms with Gasteiger partial charge in [-0.3, -0.25) is 9.59 Å². The van der Waals surface area contributed by atoms with E-state index < -0.39 is 12.2 Å². The van der Waals surface area contributed by atoms with Crippen molar-refractivity contribution in [2.75, 3.05) is 33.5 Å². The number of carbonyl (C=O) groups is 2. The minimum absolute atomic E-state index is 0.0128. The fourth-order valence-electron chi connectivity index (χ4n) is 5.80. The van der Waals surface area contributed by atoms with Crippen molar-refractivity contribution in [3.8, 4) is 0 Å². The van der Waals surface area contributed by atoms with Gasteiger partial charge >= 0.3 is 0 Å². The SMILES string of the molecule is C=CSC(=C(C)C)c1ccc(C(C)C)cc1.CC/C=C(/C=C(\OC)C(C(=O)N1CCCC1C(=O)C(C)CC)C(C)C)OCC(OCC)OCC. The molecule has 0 bridgehead atoms. The van der Waals surface area contributed by atoms with E-state index in [9.17, 15) is 9.59 Å². The molecule has 0 saturated carbocycles. The van der Waals surface area contributed by atoms with Gasteiger partial charge in [-0.2, -0.15) is 0 Å². The maximum atomic E-state index is 13.7. The van der Waals surface area contributed by atoms with Crippen LogP contribution in [0.25, 0.3) is 4.91 Å². The molecule has 1 amide bonds. The van der Waals surface area contributed by atoms with E-state index in [1.165, 1.54) is 21.6 Å². The number of allylic oxidation sites excluding steroid dienone is 3. The molecule has 2 rings (SSSR count). The first-order chi connectivity index (χ1) is 23.8. The van der Waals surface area contributed by atoms with E-state index in [0.717, 1.165) is 25.7 Å². The molecule has 0 spiro atoms. The topological polar surface area (TPSA) is 74.3 Å². The molecule has 1 aromatic rings. The number of nitrogens with zero attached hydrogens (tertiary/aromatic N) is 1. The second-order valence-electron chi connectivity index (χ2n) is 13.4. The Balaban J connectivity index is 0.000000649. The Morgan fingerprint density at radius 1 is 1.00 bits per heavy atom. The van der Waals surface area contributed by atoms with E-state index in [-0.39, 0.29) is 36.2 Å². The molecule has 0 radical (unpaired) electrons. The normalized spacial score (nSPS) is 16.2. The quantitative estimate of drug-likeness (QED) is 0.0756. The Bertz CT molecular complexity index is 1260. The van der Waals surface area contributed by atoms with Crippen LogP contribution in [0.15, 0.2) is 65.5 Å². The molecule has 3 atom stereocenters. The molecule has 50 heavy (non-hydrogen) atoms. The molecular weight excluding hydrogens is 647 g/mol. The van der Waals surface area contributed by atoms with Crippen LogP contribution in [0.2, 0.25) is 0 Å². The summed E-state index contributed by atoms with van der Waals surface area (Å²) in [7, 11) is 1.58. The van der Waals surface area contributed by atoms with E-state index in [4.69, 9.17) is 18.9 Å². The summed E-state index contributed by atoms with van der Waals surface area (Å²) in [6.07, 6.45) is 6.38. The molecule has 7 nitrogen and oxygen atoms in total. The largest absolute Gasteiger partial charge is 0.500 e. The Morgan fingerprint density at radius 3 is 2.08 bits per heavy atom. The third kappa shape index (κ3) is 14.4. The van der Waals surface area contributed by atoms with Crippen LogP contribution in [0.3, 0.4) is 0 Å². The highest BCUT2D eigenvalue weighted by atomic mass is 32.2. The van der Waals surface area contributed by atoms with Crippen LogP contribution in [0.1, 0.15) is 119 Å². The average Bonchev–Trinajstić information content (AvgIpc) is 3.59. The molecule has 1 aliphatic heterocycles. The molecular formula is C42H67NO6S. The number of amides is 1. The number of hydrogen-bond acceptors (Lipinski definition) is 7. The summed E-state index contributed by atoms with van der Waals surface area (Å²) < 4.78 is 22.9. The van der Waals surface area contributed by atoms with E-state index in [1.807, 2.05) is 60.0 Å². The lowest BCUT2D eigenvalue weighted by atomic mass is 9.90. The molecule has 1 heterocycles. The first-order valence-electron chi connectivity index (χ1n) is 18.5. The molecule has 1 aromatic carbocycles. The van der Waals surface area contributed by atoms with Crippen LogP contribution in [-0.4, -0.2) is 62.4 Å². The summed E-state index contributed by atoms with van der Waals surface area (Å²) in [5, 5.41) is 1.89. The van der Waals surface area contributed by atoms with E-state index in [0.29, 0.717) is 37.2 Å². The molecule has 3 unspecified atom stereocenters. The maximum Gasteiger partial charge on any atom is 0.234 e. The Hall–Kier alpha value is -2.81. The van der Waals surface area contributed by atoms with Crippen LogP contribution < -0.4 is 0 Å². The standard InChI is InChI=1S/C27H47NO6.C15H20S/c1-9-14-21(34-18-24(32-11-3)33-12-4)17-23(31-8)25(19(5)6)27(30)28-16-13-15-22(28)26(29)20(7)10-2;1-6-16-15(12(4)5)14-9-7-13(8-10-14)11(2)3/h14,17,19-20,22,24-25H,9-13,15-16,18H2,1-8H3;6-11H,1H2,2-5H3/b21-14-,23-17-;. The summed E-state index contributed by atoms with van der Waals surface area (Å²) in [6, 6.07) is 8.49. The second kappa shape index (κ2) is 24.4. The van der Waals surface area contributed by atoms with Crippen molar-refractivity contribution in [3.05, 3.63) is 76.6 Å². The summed E-state index contributed by atoms with van der Waals surface area (Å²) >= 11 is 1.70. The summed E-state index contributed by atoms with van der Waals surface area (Å²) in [4.78, 5) is 29.8. The number of methoxy groups -OCH3 is 1. The van der Waals surface area contributed by atoms with Crippen LogP contribution >= 0.6 is 11.8 Å². The molecule has 8 heteroatoms. The molecule has 1 fully saturated rings. The lowest BCUT2D eigenvalue weighted by Gasteiger charge is -2.31. The van der Waals surface area contributed by atoms with Gasteiger partial charge in [0.1, 0.15) is 18.1 Å². The highest BCUT2D eigenvalue weighted by Crippen LogP contribution is 2.33. The molecule has 0 N–H and O–H groups in total. The second-order valence-corrected chi connectivity index (χ2v) is 14.4. The van der Waals surface area contributed by atoms with Gasteiger partial charge in [-0.15, -0.1) is 0 Å². The van der Waals surface area contributed by atoms with Gasteiger partial charge in [-0.1, -0.05) is 96.6 Å². The zero-order valence-corrected chi connectivity index (χ0v) is 34.0. The van der Waals surface area contributed by atoms with Crippen molar-refractivity contribution >= 4 is 28.4 Å². The first-order valence-corrected chi connectivity index (χ1v) is 19.4. The Labute approximate surface area is 308 Å². The van der Waals surface area contributed by atoms with Gasteiger partial charge in [0.2, 0.25) is 5.91 Å². The smallest absolute Gasteiger partial charge is 0.234 e. The summed E-state index contributed by atoms with van der Waals surface area (Å²) in [6.45, 7) is 28.2. The van der Waals surface area contributed by atoms with Crippen molar-refractivity contribution in [2.24, 2.45) is 17.8 Å². The van der Waals surface area contributed by atoms with Crippen molar-refractivity contribution in [2.45, 2.75) is 120 Å². The number of carbonyl (C=O) groups excluding carboxylic acids is 2. The summed E-state index contributed by atoms with van der Waals surface area (Å²) in [5.74, 6) is 1.27. The van der Waals surface area contributed by atoms with Gasteiger partial charge in [0.25, 0.3) is 0 Å². The fraction of sp³-hybridized carbons (Fsp3) is 0.619. The van der Waals surface area contributed by atoms with Crippen molar-refractivity contribution in [3.63, 3.8) is 0 Å². The van der Waals surface area contributed by atoms with Crippen molar-refractivity contribution < 1.29 is 28.5 Å². The molecule has 1 aliphatic rings. The number of likely N-dealkylation sites (tertiary alicyclic amines) is 1. The molecule has 1 saturated heterocycles. The third-order valence-electron chi connectivity index (χ3n) is 8.71. The van der Waals surface area contributed by atoms with Gasteiger partial charge in [0, 0.05) is 36.7 Å². The zero-order chi connectivity index (χ0) is 37.8. The van der Waals surface area contributed by atoms with Crippen LogP contribution in [0.5, 0.6) is 0 Å². The Kier molecular flexibility index (Phi) is 22.1. The van der Waals surface area contributed by atoms with Gasteiger partial charge in [0.05, 0.1) is 19.1 Å². The van der Waals surface area contributed by atoms with E-state index in [2.05, 4.69) is 58.5 Å². The number of rotatable bonds is 20. The fourth-order valence-corrected chi connectivity index (χ4v) is 6.48. The first kappa shape index (κ1) is 45.2. The number of Topliss-reactive ketones (excluding diaryl/α,β-unsaturated/α-hetero) is 1. The number of thioether (sulfide) groups is 1. The van der Waals surface area contributed by atoms with Crippen LogP contribution in [0.4, 0.5) is 0 Å². The average molecular weight is 714 g/mol. The highest BCUT2D eigenvalue weighted by molar-refractivity contribution is 8.10. The lowest BCUT2D eigenvalue weighted by Crippen LogP contribution is -2.46. The van der Waals surface area contributed by atoms with Crippen molar-refractivity contribution in [1.29, 1.82) is 0 Å². The lowest BCUT2D eigenvalue weighted by molar-refractivity contribution is -0.159. The number of ether oxygens (including phenoxy) is 4. The molecule has 282 valence electrons. The van der Waals surface area contributed by atoms with Gasteiger partial charge in [-0.25, -0.2) is 0 Å². The monoisotopic (exact) mass is 713 g/mol. The number of hydrogen-bond donors (Lipinski definition) is 0. The zero-order valence-electron chi connectivity index (χ0n) is 33.2. The van der Waals surface area contributed by atoms with E-state index in [1.54, 1.807) is 29.8 Å². The van der Waals surface area contributed by atoms with Gasteiger partial charge in [0.15, 0.2) is 12.1 Å². The molecule has 0 aromatic heterocycles. The minimum atomic E-state index is -0.506. The predicted octanol–water partition coefficient (Wildman–Crippen LogP) is 10.5. The van der Waals surface area contributed by atoms with Crippen LogP contribution in [-0.2, 0) is 28.5 Å². The molecule has 0 aliphatic carbocycles. The third-order valence-corrected chi connectivity index (χ3v) is 9.76.